The number of hydrogen-bond donors (Lipinski definition) is 2. The maximum atomic E-state index is 11.9. The average Bonchev–Trinajstić information content (AvgIpc) is 3.03. The van der Waals surface area contributed by atoms with Crippen molar-refractivity contribution in [2.45, 2.75) is 12.8 Å². The Hall–Kier alpha value is -3.22. The highest BCUT2D eigenvalue weighted by Crippen LogP contribution is 2.16. The van der Waals surface area contributed by atoms with Crippen LogP contribution in [0.4, 0.5) is 5.69 Å². The first kappa shape index (κ1) is 14.7. The first-order valence-corrected chi connectivity index (χ1v) is 7.03. The highest BCUT2D eigenvalue weighted by atomic mass is 16.5. The van der Waals surface area contributed by atoms with E-state index in [1.807, 2.05) is 6.07 Å². The Morgan fingerprint density at radius 2 is 2.13 bits per heavy atom. The summed E-state index contributed by atoms with van der Waals surface area (Å²) in [5, 5.41) is 15.9. The van der Waals surface area contributed by atoms with Gasteiger partial charge in [0.2, 0.25) is 17.6 Å². The maximum Gasteiger partial charge on any atom is 0.227 e. The molecule has 0 aliphatic rings. The van der Waals surface area contributed by atoms with E-state index in [4.69, 9.17) is 4.52 Å². The minimum atomic E-state index is -0.201. The van der Waals surface area contributed by atoms with Gasteiger partial charge < -0.3 is 14.9 Å². The number of aromatic hydroxyl groups is 1. The number of amides is 1. The molecule has 0 fully saturated rings. The number of carbonyl (C=O) groups is 1. The standard InChI is InChI=1S/C16H14N4O3/c21-12-5-3-4-11(10-12)18-14(22)7-8-15-19-16(20-23-15)13-6-1-2-9-17-13/h1-6,9-10,21H,7-8H2,(H,18,22). The molecule has 23 heavy (non-hydrogen) atoms. The molecule has 0 bridgehead atoms. The normalized spacial score (nSPS) is 10.4. The first-order valence-electron chi connectivity index (χ1n) is 7.03. The van der Waals surface area contributed by atoms with Gasteiger partial charge in [0.1, 0.15) is 11.4 Å². The summed E-state index contributed by atoms with van der Waals surface area (Å²) < 4.78 is 5.12. The summed E-state index contributed by atoms with van der Waals surface area (Å²) in [5.41, 5.74) is 1.15. The van der Waals surface area contributed by atoms with Crippen molar-refractivity contribution in [3.05, 3.63) is 54.6 Å². The quantitative estimate of drug-likeness (QED) is 0.750. The molecule has 3 rings (SSSR count). The third-order valence-corrected chi connectivity index (χ3v) is 3.06. The lowest BCUT2D eigenvalue weighted by Crippen LogP contribution is -2.12. The van der Waals surface area contributed by atoms with Crippen LogP contribution in [-0.4, -0.2) is 26.1 Å². The highest BCUT2D eigenvalue weighted by molar-refractivity contribution is 5.90. The van der Waals surface area contributed by atoms with E-state index in [0.29, 0.717) is 29.5 Å². The zero-order valence-electron chi connectivity index (χ0n) is 12.1. The molecule has 2 aromatic heterocycles. The second kappa shape index (κ2) is 6.69. The summed E-state index contributed by atoms with van der Waals surface area (Å²) in [5.74, 6) is 0.665. The molecule has 2 N–H and O–H groups in total. The number of phenolic OH excluding ortho intramolecular Hbond substituents is 1. The van der Waals surface area contributed by atoms with E-state index in [1.54, 1.807) is 30.5 Å². The van der Waals surface area contributed by atoms with Gasteiger partial charge in [0.15, 0.2) is 0 Å². The van der Waals surface area contributed by atoms with Crippen LogP contribution in [-0.2, 0) is 11.2 Å². The van der Waals surface area contributed by atoms with Crippen LogP contribution in [0, 0.1) is 0 Å². The molecule has 0 aliphatic heterocycles. The number of nitrogens with zero attached hydrogens (tertiary/aromatic N) is 3. The van der Waals surface area contributed by atoms with Crippen molar-refractivity contribution in [3.63, 3.8) is 0 Å². The molecular weight excluding hydrogens is 296 g/mol. The molecule has 0 atom stereocenters. The second-order valence-electron chi connectivity index (χ2n) is 4.83. The molecule has 1 amide bonds. The van der Waals surface area contributed by atoms with Crippen LogP contribution in [0.5, 0.6) is 5.75 Å². The van der Waals surface area contributed by atoms with Gasteiger partial charge in [-0.3, -0.25) is 9.78 Å². The number of benzene rings is 1. The average molecular weight is 310 g/mol. The Morgan fingerprint density at radius 3 is 2.91 bits per heavy atom. The van der Waals surface area contributed by atoms with Crippen LogP contribution in [0.2, 0.25) is 0 Å². The molecular formula is C16H14N4O3. The minimum absolute atomic E-state index is 0.0969. The Kier molecular flexibility index (Phi) is 4.28. The summed E-state index contributed by atoms with van der Waals surface area (Å²) in [7, 11) is 0. The van der Waals surface area contributed by atoms with Crippen molar-refractivity contribution in [2.24, 2.45) is 0 Å². The van der Waals surface area contributed by atoms with Crippen LogP contribution < -0.4 is 5.32 Å². The van der Waals surface area contributed by atoms with Crippen molar-refractivity contribution in [1.29, 1.82) is 0 Å². The summed E-state index contributed by atoms with van der Waals surface area (Å²) in [6.45, 7) is 0. The van der Waals surface area contributed by atoms with E-state index in [0.717, 1.165) is 0 Å². The van der Waals surface area contributed by atoms with Crippen molar-refractivity contribution >= 4 is 11.6 Å². The minimum Gasteiger partial charge on any atom is -0.508 e. The van der Waals surface area contributed by atoms with E-state index in [9.17, 15) is 9.90 Å². The van der Waals surface area contributed by atoms with Crippen LogP contribution >= 0.6 is 0 Å². The van der Waals surface area contributed by atoms with Gasteiger partial charge in [-0.25, -0.2) is 0 Å². The van der Waals surface area contributed by atoms with E-state index < -0.39 is 0 Å². The third-order valence-electron chi connectivity index (χ3n) is 3.06. The number of phenols is 1. The molecule has 7 heteroatoms. The number of nitrogens with one attached hydrogen (secondary N) is 1. The molecule has 0 unspecified atom stereocenters. The Balaban J connectivity index is 1.56. The van der Waals surface area contributed by atoms with Crippen molar-refractivity contribution in [3.8, 4) is 17.3 Å². The predicted octanol–water partition coefficient (Wildman–Crippen LogP) is 2.41. The van der Waals surface area contributed by atoms with Crippen LogP contribution in [0.1, 0.15) is 12.3 Å². The number of hydrogen-bond acceptors (Lipinski definition) is 6. The summed E-state index contributed by atoms with van der Waals surface area (Å²) in [6.07, 6.45) is 2.16. The third kappa shape index (κ3) is 3.91. The number of anilines is 1. The van der Waals surface area contributed by atoms with Crippen molar-refractivity contribution < 1.29 is 14.4 Å². The van der Waals surface area contributed by atoms with Gasteiger partial charge in [0.25, 0.3) is 0 Å². The molecule has 0 saturated heterocycles. The lowest BCUT2D eigenvalue weighted by Gasteiger charge is -2.04. The maximum absolute atomic E-state index is 11.9. The molecule has 1 aromatic carbocycles. The highest BCUT2D eigenvalue weighted by Gasteiger charge is 2.11. The fraction of sp³-hybridized carbons (Fsp3) is 0.125. The smallest absolute Gasteiger partial charge is 0.227 e. The first-order chi connectivity index (χ1) is 11.2. The molecule has 0 radical (unpaired) electrons. The summed E-state index contributed by atoms with van der Waals surface area (Å²) >= 11 is 0. The Bertz CT molecular complexity index is 802. The van der Waals surface area contributed by atoms with E-state index in [-0.39, 0.29) is 18.1 Å². The molecule has 2 heterocycles. The van der Waals surface area contributed by atoms with Crippen LogP contribution in [0.15, 0.2) is 53.2 Å². The number of aromatic nitrogens is 3. The van der Waals surface area contributed by atoms with Gasteiger partial charge in [0.05, 0.1) is 0 Å². The number of pyridine rings is 1. The largest absolute Gasteiger partial charge is 0.508 e. The Labute approximate surface area is 132 Å². The van der Waals surface area contributed by atoms with Crippen molar-refractivity contribution in [2.75, 3.05) is 5.32 Å². The summed E-state index contributed by atoms with van der Waals surface area (Å²) in [4.78, 5) is 20.2. The molecule has 0 aliphatic carbocycles. The monoisotopic (exact) mass is 310 g/mol. The summed E-state index contributed by atoms with van der Waals surface area (Å²) in [6, 6.07) is 11.8. The zero-order valence-corrected chi connectivity index (χ0v) is 12.1. The SMILES string of the molecule is O=C(CCc1nc(-c2ccccn2)no1)Nc1cccc(O)c1. The zero-order chi connectivity index (χ0) is 16.1. The van der Waals surface area contributed by atoms with Crippen LogP contribution in [0.3, 0.4) is 0 Å². The van der Waals surface area contributed by atoms with Crippen LogP contribution in [0.25, 0.3) is 11.5 Å². The van der Waals surface area contributed by atoms with E-state index in [1.165, 1.54) is 12.1 Å². The van der Waals surface area contributed by atoms with E-state index >= 15 is 0 Å². The molecule has 0 spiro atoms. The molecule has 7 nitrogen and oxygen atoms in total. The molecule has 3 aromatic rings. The van der Waals surface area contributed by atoms with Gasteiger partial charge in [0, 0.05) is 30.8 Å². The Morgan fingerprint density at radius 1 is 1.22 bits per heavy atom. The lowest BCUT2D eigenvalue weighted by atomic mass is 10.2. The topological polar surface area (TPSA) is 101 Å². The lowest BCUT2D eigenvalue weighted by molar-refractivity contribution is -0.116. The predicted molar refractivity (Wildman–Crippen MR) is 82.6 cm³/mol. The number of aryl methyl sites for hydroxylation is 1. The fourth-order valence-corrected chi connectivity index (χ4v) is 1.98. The van der Waals surface area contributed by atoms with Gasteiger partial charge in [-0.15, -0.1) is 0 Å². The fourth-order valence-electron chi connectivity index (χ4n) is 1.98. The van der Waals surface area contributed by atoms with Gasteiger partial charge in [-0.2, -0.15) is 4.98 Å². The van der Waals surface area contributed by atoms with Gasteiger partial charge >= 0.3 is 0 Å². The molecule has 116 valence electrons. The second-order valence-corrected chi connectivity index (χ2v) is 4.83. The number of carbonyl (C=O) groups excluding carboxylic acids is 1. The van der Waals surface area contributed by atoms with Crippen molar-refractivity contribution in [1.82, 2.24) is 15.1 Å². The van der Waals surface area contributed by atoms with Gasteiger partial charge in [-0.1, -0.05) is 17.3 Å². The van der Waals surface area contributed by atoms with Gasteiger partial charge in [-0.05, 0) is 24.3 Å². The van der Waals surface area contributed by atoms with E-state index in [2.05, 4.69) is 20.4 Å². The number of rotatable bonds is 5. The molecule has 0 saturated carbocycles.